The molecule has 1 aliphatic rings. The SMILES string of the molecule is OC1(Cc2ccc(F)cc2Br)CCCC(C(F)(F)F)C1. The lowest BCUT2D eigenvalue weighted by Gasteiger charge is -2.38. The smallest absolute Gasteiger partial charge is 0.390 e. The minimum Gasteiger partial charge on any atom is -0.390 e. The Morgan fingerprint density at radius 3 is 2.65 bits per heavy atom. The van der Waals surface area contributed by atoms with Gasteiger partial charge in [0.25, 0.3) is 0 Å². The summed E-state index contributed by atoms with van der Waals surface area (Å²) in [6, 6.07) is 3.99. The molecular formula is C14H15BrF4O. The van der Waals surface area contributed by atoms with Crippen molar-refractivity contribution < 1.29 is 22.7 Å². The fourth-order valence-corrected chi connectivity index (χ4v) is 3.29. The molecular weight excluding hydrogens is 340 g/mol. The van der Waals surface area contributed by atoms with E-state index in [9.17, 15) is 22.7 Å². The maximum atomic E-state index is 13.0. The minimum absolute atomic E-state index is 0.0659. The Kier molecular flexibility index (Phi) is 4.44. The second-order valence-electron chi connectivity index (χ2n) is 5.47. The van der Waals surface area contributed by atoms with Gasteiger partial charge in [-0.3, -0.25) is 0 Å². The van der Waals surface area contributed by atoms with Crippen LogP contribution in [0.25, 0.3) is 0 Å². The van der Waals surface area contributed by atoms with Gasteiger partial charge in [0.05, 0.1) is 11.5 Å². The second kappa shape index (κ2) is 5.64. The normalized spacial score (nSPS) is 27.6. The van der Waals surface area contributed by atoms with Crippen molar-refractivity contribution in [2.75, 3.05) is 0 Å². The molecule has 2 rings (SSSR count). The summed E-state index contributed by atoms with van der Waals surface area (Å²) in [4.78, 5) is 0. The highest BCUT2D eigenvalue weighted by molar-refractivity contribution is 9.10. The molecule has 0 bridgehead atoms. The van der Waals surface area contributed by atoms with Crippen LogP contribution in [-0.2, 0) is 6.42 Å². The first-order valence-corrected chi connectivity index (χ1v) is 7.22. The molecule has 2 unspecified atom stereocenters. The van der Waals surface area contributed by atoms with Crippen molar-refractivity contribution in [1.29, 1.82) is 0 Å². The molecule has 112 valence electrons. The monoisotopic (exact) mass is 354 g/mol. The van der Waals surface area contributed by atoms with Gasteiger partial charge < -0.3 is 5.11 Å². The largest absolute Gasteiger partial charge is 0.391 e. The molecule has 0 amide bonds. The van der Waals surface area contributed by atoms with Crippen LogP contribution in [0.5, 0.6) is 0 Å². The third-order valence-electron chi connectivity index (χ3n) is 3.82. The Balaban J connectivity index is 2.14. The Morgan fingerprint density at radius 2 is 2.05 bits per heavy atom. The molecule has 0 aliphatic heterocycles. The van der Waals surface area contributed by atoms with Gasteiger partial charge in [-0.05, 0) is 43.4 Å². The van der Waals surface area contributed by atoms with Crippen molar-refractivity contribution in [2.45, 2.75) is 43.9 Å². The standard InChI is InChI=1S/C14H15BrF4O/c15-12-6-11(16)4-3-9(12)7-13(20)5-1-2-10(8-13)14(17,18)19/h3-4,6,10,20H,1-2,5,7-8H2. The lowest BCUT2D eigenvalue weighted by Crippen LogP contribution is -2.42. The molecule has 0 spiro atoms. The van der Waals surface area contributed by atoms with Gasteiger partial charge in [0.15, 0.2) is 0 Å². The van der Waals surface area contributed by atoms with Crippen LogP contribution < -0.4 is 0 Å². The first kappa shape index (κ1) is 15.8. The quantitative estimate of drug-likeness (QED) is 0.768. The van der Waals surface area contributed by atoms with Gasteiger partial charge in [-0.25, -0.2) is 4.39 Å². The van der Waals surface area contributed by atoms with Crippen molar-refractivity contribution in [3.8, 4) is 0 Å². The summed E-state index contributed by atoms with van der Waals surface area (Å²) in [7, 11) is 0. The van der Waals surface area contributed by atoms with E-state index in [1.165, 1.54) is 18.2 Å². The third kappa shape index (κ3) is 3.73. The van der Waals surface area contributed by atoms with Gasteiger partial charge in [-0.15, -0.1) is 0 Å². The Bertz CT molecular complexity index is 489. The van der Waals surface area contributed by atoms with Crippen LogP contribution in [0.4, 0.5) is 17.6 Å². The van der Waals surface area contributed by atoms with E-state index >= 15 is 0 Å². The van der Waals surface area contributed by atoms with Gasteiger partial charge in [-0.1, -0.05) is 22.0 Å². The fraction of sp³-hybridized carbons (Fsp3) is 0.571. The summed E-state index contributed by atoms with van der Waals surface area (Å²) in [6.45, 7) is 0. The van der Waals surface area contributed by atoms with Crippen molar-refractivity contribution in [3.63, 3.8) is 0 Å². The van der Waals surface area contributed by atoms with Gasteiger partial charge in [-0.2, -0.15) is 13.2 Å². The molecule has 0 aromatic heterocycles. The van der Waals surface area contributed by atoms with Crippen LogP contribution in [0.2, 0.25) is 0 Å². The van der Waals surface area contributed by atoms with E-state index in [2.05, 4.69) is 15.9 Å². The predicted molar refractivity (Wildman–Crippen MR) is 70.8 cm³/mol. The molecule has 1 N–H and O–H groups in total. The molecule has 6 heteroatoms. The maximum Gasteiger partial charge on any atom is 0.391 e. The molecule has 1 aromatic rings. The summed E-state index contributed by atoms with van der Waals surface area (Å²) >= 11 is 3.18. The molecule has 1 saturated carbocycles. The van der Waals surface area contributed by atoms with Gasteiger partial charge in [0, 0.05) is 10.9 Å². The number of benzene rings is 1. The highest BCUT2D eigenvalue weighted by atomic mass is 79.9. The van der Waals surface area contributed by atoms with E-state index in [0.29, 0.717) is 22.9 Å². The molecule has 20 heavy (non-hydrogen) atoms. The molecule has 1 nitrogen and oxygen atoms in total. The van der Waals surface area contributed by atoms with Crippen LogP contribution in [0.3, 0.4) is 0 Å². The van der Waals surface area contributed by atoms with Crippen molar-refractivity contribution >= 4 is 15.9 Å². The summed E-state index contributed by atoms with van der Waals surface area (Å²) in [5, 5.41) is 10.4. The van der Waals surface area contributed by atoms with E-state index in [4.69, 9.17) is 0 Å². The number of halogens is 5. The number of rotatable bonds is 2. The van der Waals surface area contributed by atoms with Crippen LogP contribution in [0.1, 0.15) is 31.2 Å². The first-order valence-electron chi connectivity index (χ1n) is 6.43. The van der Waals surface area contributed by atoms with Crippen molar-refractivity contribution in [3.05, 3.63) is 34.1 Å². The molecule has 1 aromatic carbocycles. The zero-order valence-corrected chi connectivity index (χ0v) is 12.3. The lowest BCUT2D eigenvalue weighted by atomic mass is 9.75. The molecule has 0 saturated heterocycles. The van der Waals surface area contributed by atoms with Crippen LogP contribution in [-0.4, -0.2) is 16.9 Å². The van der Waals surface area contributed by atoms with Gasteiger partial charge >= 0.3 is 6.18 Å². The second-order valence-corrected chi connectivity index (χ2v) is 6.33. The van der Waals surface area contributed by atoms with Crippen LogP contribution >= 0.6 is 15.9 Å². The summed E-state index contributed by atoms with van der Waals surface area (Å²) in [5.74, 6) is -1.88. The maximum absolute atomic E-state index is 13.0. The first-order chi connectivity index (χ1) is 9.20. The molecule has 0 heterocycles. The minimum atomic E-state index is -4.27. The van der Waals surface area contributed by atoms with Gasteiger partial charge in [0.2, 0.25) is 0 Å². The molecule has 1 fully saturated rings. The highest BCUT2D eigenvalue weighted by Crippen LogP contribution is 2.43. The van der Waals surface area contributed by atoms with Crippen LogP contribution in [0.15, 0.2) is 22.7 Å². The topological polar surface area (TPSA) is 20.2 Å². The lowest BCUT2D eigenvalue weighted by molar-refractivity contribution is -0.200. The van der Waals surface area contributed by atoms with E-state index in [1.54, 1.807) is 0 Å². The molecule has 2 atom stereocenters. The highest BCUT2D eigenvalue weighted by Gasteiger charge is 2.46. The number of hydrogen-bond donors (Lipinski definition) is 1. The third-order valence-corrected chi connectivity index (χ3v) is 4.56. The Labute approximate surface area is 123 Å². The summed E-state index contributed by atoms with van der Waals surface area (Å²) < 4.78 is 51.8. The number of aliphatic hydroxyl groups is 1. The molecule has 1 aliphatic carbocycles. The Morgan fingerprint density at radius 1 is 1.35 bits per heavy atom. The summed E-state index contributed by atoms with van der Waals surface area (Å²) in [6.07, 6.45) is -3.71. The van der Waals surface area contributed by atoms with E-state index in [-0.39, 0.29) is 19.3 Å². The zero-order valence-electron chi connectivity index (χ0n) is 10.7. The molecule has 0 radical (unpaired) electrons. The Hall–Kier alpha value is -0.620. The van der Waals surface area contributed by atoms with Gasteiger partial charge in [0.1, 0.15) is 5.82 Å². The average molecular weight is 355 g/mol. The van der Waals surface area contributed by atoms with E-state index < -0.39 is 23.5 Å². The number of hydrogen-bond acceptors (Lipinski definition) is 1. The van der Waals surface area contributed by atoms with E-state index in [0.717, 1.165) is 0 Å². The van der Waals surface area contributed by atoms with Crippen LogP contribution in [0, 0.1) is 11.7 Å². The summed E-state index contributed by atoms with van der Waals surface area (Å²) in [5.41, 5.74) is -0.754. The zero-order chi connectivity index (χ0) is 15.0. The van der Waals surface area contributed by atoms with E-state index in [1.807, 2.05) is 0 Å². The average Bonchev–Trinajstić information content (AvgIpc) is 2.32. The number of alkyl halides is 3. The van der Waals surface area contributed by atoms with Crippen molar-refractivity contribution in [2.24, 2.45) is 5.92 Å². The predicted octanol–water partition coefficient (Wildman–Crippen LogP) is 4.61. The fourth-order valence-electron chi connectivity index (χ4n) is 2.80. The van der Waals surface area contributed by atoms with Crippen molar-refractivity contribution in [1.82, 2.24) is 0 Å².